The van der Waals surface area contributed by atoms with E-state index in [-0.39, 0.29) is 0 Å². The first-order valence-corrected chi connectivity index (χ1v) is 6.11. The number of carbonyl (C=O) groups is 1. The zero-order chi connectivity index (χ0) is 12.3. The van der Waals surface area contributed by atoms with Crippen LogP contribution in [-0.4, -0.2) is 42.7 Å². The maximum absolute atomic E-state index is 10.9. The molecule has 1 aliphatic heterocycles. The van der Waals surface area contributed by atoms with Crippen molar-refractivity contribution in [3.63, 3.8) is 0 Å². The molecule has 0 radical (unpaired) electrons. The van der Waals surface area contributed by atoms with E-state index in [2.05, 4.69) is 4.90 Å². The van der Waals surface area contributed by atoms with Gasteiger partial charge in [-0.05, 0) is 38.4 Å². The SMILES string of the molecule is COC1=CC(C(=O)O)CC=C1CN1CCCC1. The molecule has 1 unspecified atom stereocenters. The zero-order valence-electron chi connectivity index (χ0n) is 10.2. The third-order valence-corrected chi connectivity index (χ3v) is 3.42. The fourth-order valence-electron chi connectivity index (χ4n) is 2.42. The van der Waals surface area contributed by atoms with Crippen molar-refractivity contribution in [3.05, 3.63) is 23.5 Å². The molecule has 1 atom stereocenters. The minimum absolute atomic E-state index is 0.438. The van der Waals surface area contributed by atoms with E-state index in [1.165, 1.54) is 12.8 Å². The van der Waals surface area contributed by atoms with Gasteiger partial charge in [-0.1, -0.05) is 6.08 Å². The fraction of sp³-hybridized carbons (Fsp3) is 0.615. The fourth-order valence-corrected chi connectivity index (χ4v) is 2.42. The highest BCUT2D eigenvalue weighted by Crippen LogP contribution is 2.25. The van der Waals surface area contributed by atoms with Crippen LogP contribution >= 0.6 is 0 Å². The molecule has 0 amide bonds. The van der Waals surface area contributed by atoms with E-state index in [1.807, 2.05) is 6.08 Å². The van der Waals surface area contributed by atoms with Crippen molar-refractivity contribution < 1.29 is 14.6 Å². The van der Waals surface area contributed by atoms with E-state index in [1.54, 1.807) is 13.2 Å². The first kappa shape index (κ1) is 12.2. The highest BCUT2D eigenvalue weighted by molar-refractivity contribution is 5.73. The van der Waals surface area contributed by atoms with Crippen molar-refractivity contribution in [1.29, 1.82) is 0 Å². The zero-order valence-corrected chi connectivity index (χ0v) is 10.2. The molecule has 1 N–H and O–H groups in total. The van der Waals surface area contributed by atoms with Crippen LogP contribution in [0.5, 0.6) is 0 Å². The Balaban J connectivity index is 2.02. The van der Waals surface area contributed by atoms with Crippen molar-refractivity contribution >= 4 is 5.97 Å². The largest absolute Gasteiger partial charge is 0.497 e. The Morgan fingerprint density at radius 1 is 1.53 bits per heavy atom. The predicted octanol–water partition coefficient (Wildman–Crippen LogP) is 1.64. The second-order valence-corrected chi connectivity index (χ2v) is 4.63. The van der Waals surface area contributed by atoms with E-state index in [4.69, 9.17) is 9.84 Å². The molecule has 0 saturated carbocycles. The maximum Gasteiger partial charge on any atom is 0.310 e. The standard InChI is InChI=1S/C13H19NO3/c1-17-12-8-10(13(15)16)4-5-11(12)9-14-6-2-3-7-14/h5,8,10H,2-4,6-7,9H2,1H3,(H,15,16). The first-order chi connectivity index (χ1) is 8.20. The number of likely N-dealkylation sites (tertiary alicyclic amines) is 1. The van der Waals surface area contributed by atoms with Gasteiger partial charge in [-0.15, -0.1) is 0 Å². The van der Waals surface area contributed by atoms with Crippen LogP contribution in [0.1, 0.15) is 19.3 Å². The number of carboxylic acid groups (broad SMARTS) is 1. The van der Waals surface area contributed by atoms with Gasteiger partial charge >= 0.3 is 5.97 Å². The topological polar surface area (TPSA) is 49.8 Å². The summed E-state index contributed by atoms with van der Waals surface area (Å²) >= 11 is 0. The highest BCUT2D eigenvalue weighted by Gasteiger charge is 2.23. The molecule has 1 heterocycles. The van der Waals surface area contributed by atoms with E-state index in [0.29, 0.717) is 6.42 Å². The quantitative estimate of drug-likeness (QED) is 0.807. The number of hydrogen-bond donors (Lipinski definition) is 1. The summed E-state index contributed by atoms with van der Waals surface area (Å²) in [5, 5.41) is 8.98. The van der Waals surface area contributed by atoms with Crippen molar-refractivity contribution in [2.24, 2.45) is 5.92 Å². The van der Waals surface area contributed by atoms with Crippen LogP contribution in [0.3, 0.4) is 0 Å². The van der Waals surface area contributed by atoms with Gasteiger partial charge in [0.1, 0.15) is 5.76 Å². The number of hydrogen-bond acceptors (Lipinski definition) is 3. The second kappa shape index (κ2) is 5.36. The van der Waals surface area contributed by atoms with Crippen LogP contribution in [0.4, 0.5) is 0 Å². The van der Waals surface area contributed by atoms with Gasteiger partial charge in [-0.2, -0.15) is 0 Å². The van der Waals surface area contributed by atoms with E-state index < -0.39 is 11.9 Å². The van der Waals surface area contributed by atoms with Crippen molar-refractivity contribution in [1.82, 2.24) is 4.90 Å². The molecule has 17 heavy (non-hydrogen) atoms. The molecule has 94 valence electrons. The number of allylic oxidation sites excluding steroid dienone is 1. The van der Waals surface area contributed by atoms with Gasteiger partial charge in [0.25, 0.3) is 0 Å². The van der Waals surface area contributed by atoms with E-state index in [9.17, 15) is 4.79 Å². The molecule has 0 spiro atoms. The van der Waals surface area contributed by atoms with Gasteiger partial charge in [-0.3, -0.25) is 9.69 Å². The number of rotatable bonds is 4. The van der Waals surface area contributed by atoms with Gasteiger partial charge in [0, 0.05) is 12.1 Å². The summed E-state index contributed by atoms with van der Waals surface area (Å²) in [6.07, 6.45) is 6.84. The summed E-state index contributed by atoms with van der Waals surface area (Å²) in [4.78, 5) is 13.3. The van der Waals surface area contributed by atoms with Gasteiger partial charge in [0.05, 0.1) is 13.0 Å². The third kappa shape index (κ3) is 2.88. The van der Waals surface area contributed by atoms with Gasteiger partial charge in [0.2, 0.25) is 0 Å². The molecule has 0 aromatic rings. The smallest absolute Gasteiger partial charge is 0.310 e. The van der Waals surface area contributed by atoms with Gasteiger partial charge in [0.15, 0.2) is 0 Å². The Morgan fingerprint density at radius 3 is 2.82 bits per heavy atom. The lowest BCUT2D eigenvalue weighted by atomic mass is 9.95. The lowest BCUT2D eigenvalue weighted by molar-refractivity contribution is -0.140. The monoisotopic (exact) mass is 237 g/mol. The first-order valence-electron chi connectivity index (χ1n) is 6.11. The van der Waals surface area contributed by atoms with Crippen LogP contribution in [0.25, 0.3) is 0 Å². The van der Waals surface area contributed by atoms with Crippen molar-refractivity contribution in [2.45, 2.75) is 19.3 Å². The molecule has 0 aromatic heterocycles. The normalized spacial score (nSPS) is 25.4. The van der Waals surface area contributed by atoms with Crippen molar-refractivity contribution in [2.75, 3.05) is 26.7 Å². The summed E-state index contributed by atoms with van der Waals surface area (Å²) < 4.78 is 5.30. The molecular formula is C13H19NO3. The minimum atomic E-state index is -0.781. The number of aliphatic carboxylic acids is 1. The van der Waals surface area contributed by atoms with Crippen LogP contribution in [0, 0.1) is 5.92 Å². The minimum Gasteiger partial charge on any atom is -0.497 e. The molecule has 1 saturated heterocycles. The number of carboxylic acids is 1. The van der Waals surface area contributed by atoms with Crippen LogP contribution in [0.15, 0.2) is 23.5 Å². The lowest BCUT2D eigenvalue weighted by Gasteiger charge is -2.22. The Kier molecular flexibility index (Phi) is 3.84. The second-order valence-electron chi connectivity index (χ2n) is 4.63. The molecular weight excluding hydrogens is 218 g/mol. The average Bonchev–Trinajstić information content (AvgIpc) is 2.82. The van der Waals surface area contributed by atoms with Crippen LogP contribution < -0.4 is 0 Å². The van der Waals surface area contributed by atoms with Crippen LogP contribution in [-0.2, 0) is 9.53 Å². The Labute approximate surface area is 102 Å². The summed E-state index contributed by atoms with van der Waals surface area (Å²) in [6, 6.07) is 0. The Hall–Kier alpha value is -1.29. The van der Waals surface area contributed by atoms with Crippen LogP contribution in [0.2, 0.25) is 0 Å². The molecule has 1 fully saturated rings. The molecule has 2 aliphatic rings. The molecule has 1 aliphatic carbocycles. The van der Waals surface area contributed by atoms with Gasteiger partial charge < -0.3 is 9.84 Å². The highest BCUT2D eigenvalue weighted by atomic mass is 16.5. The van der Waals surface area contributed by atoms with Gasteiger partial charge in [-0.25, -0.2) is 0 Å². The third-order valence-electron chi connectivity index (χ3n) is 3.42. The average molecular weight is 237 g/mol. The summed E-state index contributed by atoms with van der Waals surface area (Å²) in [6.45, 7) is 3.15. The number of methoxy groups -OCH3 is 1. The molecule has 4 heteroatoms. The summed E-state index contributed by atoms with van der Waals surface area (Å²) in [5.74, 6) is -0.487. The molecule has 0 bridgehead atoms. The summed E-state index contributed by atoms with van der Waals surface area (Å²) in [5.41, 5.74) is 1.13. The predicted molar refractivity (Wildman–Crippen MR) is 64.6 cm³/mol. The number of nitrogens with zero attached hydrogens (tertiary/aromatic N) is 1. The van der Waals surface area contributed by atoms with E-state index in [0.717, 1.165) is 31.0 Å². The Morgan fingerprint density at radius 2 is 2.24 bits per heavy atom. The maximum atomic E-state index is 10.9. The molecule has 0 aromatic carbocycles. The Bertz CT molecular complexity index is 354. The molecule has 2 rings (SSSR count). The summed E-state index contributed by atoms with van der Waals surface area (Å²) in [7, 11) is 1.61. The lowest BCUT2D eigenvalue weighted by Crippen LogP contribution is -2.25. The van der Waals surface area contributed by atoms with E-state index >= 15 is 0 Å². The molecule has 4 nitrogen and oxygen atoms in total. The van der Waals surface area contributed by atoms with Crippen molar-refractivity contribution in [3.8, 4) is 0 Å². The number of ether oxygens (including phenoxy) is 1.